The fourth-order valence-electron chi connectivity index (χ4n) is 6.07. The number of nitrogens with one attached hydrogen (secondary N) is 1. The topological polar surface area (TPSA) is 68.0 Å². The van der Waals surface area contributed by atoms with Crippen molar-refractivity contribution in [2.45, 2.75) is 64.5 Å². The highest BCUT2D eigenvalue weighted by molar-refractivity contribution is 6.31. The monoisotopic (exact) mass is 512 g/mol. The van der Waals surface area contributed by atoms with E-state index in [9.17, 15) is 9.59 Å². The Hall–Kier alpha value is -2.51. The summed E-state index contributed by atoms with van der Waals surface area (Å²) in [5.41, 5.74) is 1.06. The number of hydrogen-bond acceptors (Lipinski definition) is 4. The Bertz CT molecular complexity index is 1220. The van der Waals surface area contributed by atoms with Crippen molar-refractivity contribution < 1.29 is 9.53 Å². The lowest BCUT2D eigenvalue weighted by molar-refractivity contribution is -0.122. The lowest BCUT2D eigenvalue weighted by Crippen LogP contribution is -2.37. The van der Waals surface area contributed by atoms with Crippen LogP contribution >= 0.6 is 11.6 Å². The Morgan fingerprint density at radius 1 is 1.22 bits per heavy atom. The molecular formula is C28H37ClN4O3. The summed E-state index contributed by atoms with van der Waals surface area (Å²) in [5, 5.41) is 3.53. The molecule has 3 heterocycles. The predicted octanol–water partition coefficient (Wildman–Crippen LogP) is 4.29. The van der Waals surface area contributed by atoms with Gasteiger partial charge in [-0.05, 0) is 63.9 Å². The van der Waals surface area contributed by atoms with Crippen LogP contribution in [-0.4, -0.2) is 52.1 Å². The SMILES string of the molecule is CC(C)NC(=O)Cn1c(C2C=C(Cl)C=CC2)cn2cc(OCCCN3CC4CC[C@@H](C4)C3)cc2c1=O. The number of piperidine rings is 1. The van der Waals surface area contributed by atoms with Crippen molar-refractivity contribution in [2.75, 3.05) is 26.2 Å². The average Bonchev–Trinajstić information content (AvgIpc) is 3.40. The maximum atomic E-state index is 13.5. The van der Waals surface area contributed by atoms with Gasteiger partial charge in [0.15, 0.2) is 0 Å². The zero-order valence-electron chi connectivity index (χ0n) is 21.3. The van der Waals surface area contributed by atoms with Crippen LogP contribution < -0.4 is 15.6 Å². The standard InChI is InChI=1S/C28H37ClN4O3/c1-19(2)30-27(34)18-33-26(22-5-3-6-23(29)12-22)17-32-16-24(13-25(32)28(33)35)36-10-4-9-31-14-20-7-8-21(11-20)15-31/h3,6,12-13,16-17,19-22H,4-5,7-11,14-15,18H2,1-2H3,(H,30,34)/t20-,21?,22?/m0/s1. The van der Waals surface area contributed by atoms with Gasteiger partial charge < -0.3 is 19.4 Å². The van der Waals surface area contributed by atoms with E-state index in [1.807, 2.05) is 48.9 Å². The van der Waals surface area contributed by atoms with Crippen LogP contribution in [0, 0.1) is 11.8 Å². The molecule has 1 saturated carbocycles. The van der Waals surface area contributed by atoms with E-state index < -0.39 is 0 Å². The zero-order valence-corrected chi connectivity index (χ0v) is 22.0. The number of halogens is 1. The zero-order chi connectivity index (χ0) is 25.2. The predicted molar refractivity (Wildman–Crippen MR) is 143 cm³/mol. The smallest absolute Gasteiger partial charge is 0.275 e. The molecule has 36 heavy (non-hydrogen) atoms. The van der Waals surface area contributed by atoms with Gasteiger partial charge >= 0.3 is 0 Å². The highest BCUT2D eigenvalue weighted by atomic mass is 35.5. The molecule has 2 aliphatic carbocycles. The van der Waals surface area contributed by atoms with E-state index in [2.05, 4.69) is 10.2 Å². The van der Waals surface area contributed by atoms with Gasteiger partial charge in [-0.1, -0.05) is 23.8 Å². The first kappa shape index (κ1) is 25.2. The molecule has 8 heteroatoms. The van der Waals surface area contributed by atoms with Gasteiger partial charge in [0.25, 0.3) is 5.56 Å². The van der Waals surface area contributed by atoms with Crippen LogP contribution in [0.5, 0.6) is 5.75 Å². The van der Waals surface area contributed by atoms with Gasteiger partial charge in [0.1, 0.15) is 17.8 Å². The lowest BCUT2D eigenvalue weighted by Gasteiger charge is -2.31. The fraction of sp³-hybridized carbons (Fsp3) is 0.571. The fourth-order valence-corrected chi connectivity index (χ4v) is 6.32. The molecule has 1 amide bonds. The van der Waals surface area contributed by atoms with Crippen LogP contribution in [0.25, 0.3) is 5.52 Å². The number of carbonyl (C=O) groups is 1. The first-order chi connectivity index (χ1) is 17.4. The Labute approximate surface area is 217 Å². The van der Waals surface area contributed by atoms with E-state index in [0.29, 0.717) is 22.9 Å². The number of fused-ring (bicyclic) bond motifs is 3. The lowest BCUT2D eigenvalue weighted by atomic mass is 9.97. The van der Waals surface area contributed by atoms with E-state index in [1.165, 1.54) is 32.4 Å². The van der Waals surface area contributed by atoms with Crippen LogP contribution in [0.3, 0.4) is 0 Å². The first-order valence-electron chi connectivity index (χ1n) is 13.3. The molecule has 0 aromatic carbocycles. The third kappa shape index (κ3) is 5.73. The average molecular weight is 513 g/mol. The molecule has 1 aliphatic heterocycles. The van der Waals surface area contributed by atoms with Crippen LogP contribution in [0.4, 0.5) is 0 Å². The Morgan fingerprint density at radius 2 is 2.00 bits per heavy atom. The first-order valence-corrected chi connectivity index (χ1v) is 13.7. The summed E-state index contributed by atoms with van der Waals surface area (Å²) in [5.74, 6) is 2.19. The molecule has 5 rings (SSSR count). The molecule has 7 nitrogen and oxygen atoms in total. The number of rotatable bonds is 9. The molecule has 2 bridgehead atoms. The van der Waals surface area contributed by atoms with Crippen molar-refractivity contribution in [1.82, 2.24) is 19.2 Å². The van der Waals surface area contributed by atoms with E-state index in [0.717, 1.165) is 36.9 Å². The summed E-state index contributed by atoms with van der Waals surface area (Å²) >= 11 is 6.27. The number of ether oxygens (including phenoxy) is 1. The summed E-state index contributed by atoms with van der Waals surface area (Å²) in [6.07, 6.45) is 15.5. The van der Waals surface area contributed by atoms with Gasteiger partial charge in [-0.25, -0.2) is 0 Å². The number of hydrogen-bond donors (Lipinski definition) is 1. The van der Waals surface area contributed by atoms with Crippen molar-refractivity contribution in [3.8, 4) is 5.75 Å². The number of nitrogens with zero attached hydrogens (tertiary/aromatic N) is 3. The summed E-state index contributed by atoms with van der Waals surface area (Å²) in [4.78, 5) is 28.7. The van der Waals surface area contributed by atoms with E-state index in [1.54, 1.807) is 10.6 Å². The van der Waals surface area contributed by atoms with Crippen LogP contribution in [0.2, 0.25) is 0 Å². The molecule has 1 N–H and O–H groups in total. The second-order valence-electron chi connectivity index (χ2n) is 10.9. The Morgan fingerprint density at radius 3 is 2.72 bits per heavy atom. The Kier molecular flexibility index (Phi) is 7.58. The van der Waals surface area contributed by atoms with E-state index >= 15 is 0 Å². The second-order valence-corrected chi connectivity index (χ2v) is 11.4. The molecule has 2 fully saturated rings. The minimum atomic E-state index is -0.205. The largest absolute Gasteiger partial charge is 0.492 e. The van der Waals surface area contributed by atoms with Gasteiger partial charge in [-0.15, -0.1) is 0 Å². The number of likely N-dealkylation sites (tertiary alicyclic amines) is 1. The van der Waals surface area contributed by atoms with Crippen molar-refractivity contribution >= 4 is 23.0 Å². The minimum absolute atomic E-state index is 0.000683. The summed E-state index contributed by atoms with van der Waals surface area (Å²) in [7, 11) is 0. The molecular weight excluding hydrogens is 476 g/mol. The molecule has 2 aromatic rings. The van der Waals surface area contributed by atoms with Gasteiger partial charge in [0, 0.05) is 54.6 Å². The molecule has 3 aliphatic rings. The maximum absolute atomic E-state index is 13.5. The van der Waals surface area contributed by atoms with Gasteiger partial charge in [0.05, 0.1) is 12.8 Å². The minimum Gasteiger partial charge on any atom is -0.492 e. The van der Waals surface area contributed by atoms with Crippen LogP contribution in [-0.2, 0) is 11.3 Å². The third-order valence-electron chi connectivity index (χ3n) is 7.60. The number of allylic oxidation sites excluding steroid dienone is 4. The quantitative estimate of drug-likeness (QED) is 0.509. The van der Waals surface area contributed by atoms with Gasteiger partial charge in [0.2, 0.25) is 5.91 Å². The second kappa shape index (κ2) is 10.9. The molecule has 2 aromatic heterocycles. The molecule has 3 atom stereocenters. The molecule has 0 radical (unpaired) electrons. The van der Waals surface area contributed by atoms with E-state index in [-0.39, 0.29) is 30.0 Å². The molecule has 2 unspecified atom stereocenters. The third-order valence-corrected chi connectivity index (χ3v) is 7.85. The van der Waals surface area contributed by atoms with Gasteiger partial charge in [-0.2, -0.15) is 0 Å². The molecule has 1 saturated heterocycles. The highest BCUT2D eigenvalue weighted by Crippen LogP contribution is 2.36. The highest BCUT2D eigenvalue weighted by Gasteiger charge is 2.32. The summed E-state index contributed by atoms with van der Waals surface area (Å²) < 4.78 is 9.46. The van der Waals surface area contributed by atoms with Crippen LogP contribution in [0.1, 0.15) is 57.6 Å². The van der Waals surface area contributed by atoms with Crippen molar-refractivity contribution in [3.05, 3.63) is 57.8 Å². The van der Waals surface area contributed by atoms with E-state index in [4.69, 9.17) is 16.3 Å². The number of carbonyl (C=O) groups excluding carboxylic acids is 1. The summed E-state index contributed by atoms with van der Waals surface area (Å²) in [6, 6.07) is 1.79. The van der Waals surface area contributed by atoms with Crippen molar-refractivity contribution in [3.63, 3.8) is 0 Å². The van der Waals surface area contributed by atoms with Crippen molar-refractivity contribution in [1.29, 1.82) is 0 Å². The molecule has 0 spiro atoms. The van der Waals surface area contributed by atoms with Crippen LogP contribution in [0.15, 0.2) is 46.5 Å². The number of amides is 1. The molecule has 194 valence electrons. The maximum Gasteiger partial charge on any atom is 0.275 e. The number of aromatic nitrogens is 2. The Balaban J connectivity index is 1.32. The normalized spacial score (nSPS) is 23.9. The van der Waals surface area contributed by atoms with Gasteiger partial charge in [-0.3, -0.25) is 14.2 Å². The summed E-state index contributed by atoms with van der Waals surface area (Å²) in [6.45, 7) is 7.92. The van der Waals surface area contributed by atoms with Crippen molar-refractivity contribution in [2.24, 2.45) is 11.8 Å².